The number of hydrogen-bond acceptors (Lipinski definition) is 3. The third-order valence-corrected chi connectivity index (χ3v) is 2.27. The lowest BCUT2D eigenvalue weighted by Gasteiger charge is -2.19. The number of guanidine groups is 1. The predicted octanol–water partition coefficient (Wildman–Crippen LogP) is 2.84. The van der Waals surface area contributed by atoms with E-state index in [1.54, 1.807) is 0 Å². The summed E-state index contributed by atoms with van der Waals surface area (Å²) in [4.78, 5) is 15.4. The van der Waals surface area contributed by atoms with Gasteiger partial charge in [-0.1, -0.05) is 0 Å². The van der Waals surface area contributed by atoms with Crippen molar-refractivity contribution < 1.29 is 22.7 Å². The smallest absolute Gasteiger partial charge is 0.406 e. The van der Waals surface area contributed by atoms with Crippen LogP contribution in [-0.4, -0.2) is 30.3 Å². The summed E-state index contributed by atoms with van der Waals surface area (Å²) in [7, 11) is 0. The maximum absolute atomic E-state index is 12.0. The van der Waals surface area contributed by atoms with Gasteiger partial charge in [-0.3, -0.25) is 4.79 Å². The number of nitrogens with one attached hydrogen (secondary N) is 2. The Balaban J connectivity index is 0.00000529. The van der Waals surface area contributed by atoms with E-state index >= 15 is 0 Å². The highest BCUT2D eigenvalue weighted by Crippen LogP contribution is 2.23. The molecule has 1 aromatic rings. The molecule has 0 saturated heterocycles. The number of nitrogens with two attached hydrogens (primary N) is 1. The quantitative estimate of drug-likeness (QED) is 0.367. The summed E-state index contributed by atoms with van der Waals surface area (Å²) in [5, 5.41) is 5.38. The number of benzene rings is 1. The number of rotatable bonds is 4. The number of halogens is 4. The van der Waals surface area contributed by atoms with Crippen LogP contribution in [0.4, 0.5) is 18.9 Å². The van der Waals surface area contributed by atoms with Gasteiger partial charge in [-0.25, -0.2) is 4.99 Å². The second-order valence-electron chi connectivity index (χ2n) is 5.70. The molecule has 1 rings (SSSR count). The van der Waals surface area contributed by atoms with Crippen molar-refractivity contribution in [2.75, 3.05) is 11.9 Å². The summed E-state index contributed by atoms with van der Waals surface area (Å²) in [5.41, 5.74) is 5.65. The highest BCUT2D eigenvalue weighted by Gasteiger charge is 2.30. The standard InChI is InChI=1S/C14H19F3N4O2.HI/c1-13(2,3)21-11(22)8-19-12(18)20-9-4-6-10(7-5-9)23-14(15,16)17;/h4-7H,8H2,1-3H3,(H,21,22)(H3,18,19,20);1H. The number of hydrogen-bond donors (Lipinski definition) is 3. The number of nitrogens with zero attached hydrogens (tertiary/aromatic N) is 1. The van der Waals surface area contributed by atoms with E-state index in [-0.39, 0.29) is 53.7 Å². The van der Waals surface area contributed by atoms with Gasteiger partial charge in [0, 0.05) is 11.2 Å². The van der Waals surface area contributed by atoms with Crippen molar-refractivity contribution in [3.8, 4) is 5.75 Å². The molecule has 0 aliphatic carbocycles. The molecule has 0 atom stereocenters. The molecule has 1 amide bonds. The third-order valence-electron chi connectivity index (χ3n) is 2.27. The Morgan fingerprint density at radius 2 is 1.75 bits per heavy atom. The molecule has 0 aliphatic rings. The van der Waals surface area contributed by atoms with Crippen molar-refractivity contribution in [3.05, 3.63) is 24.3 Å². The molecule has 0 spiro atoms. The Hall–Kier alpha value is -1.72. The van der Waals surface area contributed by atoms with Crippen molar-refractivity contribution >= 4 is 41.5 Å². The SMILES string of the molecule is CC(C)(C)NC(=O)CN=C(N)Nc1ccc(OC(F)(F)F)cc1.I. The number of alkyl halides is 3. The van der Waals surface area contributed by atoms with E-state index < -0.39 is 6.36 Å². The molecular weight excluding hydrogens is 440 g/mol. The maximum Gasteiger partial charge on any atom is 0.573 e. The Labute approximate surface area is 155 Å². The second-order valence-corrected chi connectivity index (χ2v) is 5.70. The lowest BCUT2D eigenvalue weighted by molar-refractivity contribution is -0.274. The zero-order valence-electron chi connectivity index (χ0n) is 13.4. The summed E-state index contributed by atoms with van der Waals surface area (Å²) in [6.07, 6.45) is -4.74. The zero-order valence-corrected chi connectivity index (χ0v) is 15.7. The second kappa shape index (κ2) is 8.94. The van der Waals surface area contributed by atoms with E-state index in [2.05, 4.69) is 20.4 Å². The van der Waals surface area contributed by atoms with Crippen LogP contribution in [0.25, 0.3) is 0 Å². The van der Waals surface area contributed by atoms with Gasteiger partial charge in [-0.15, -0.1) is 37.1 Å². The summed E-state index contributed by atoms with van der Waals surface area (Å²) in [5.74, 6) is -0.669. The molecule has 0 radical (unpaired) electrons. The molecule has 0 saturated carbocycles. The first-order valence-corrected chi connectivity index (χ1v) is 6.68. The van der Waals surface area contributed by atoms with E-state index in [9.17, 15) is 18.0 Å². The van der Waals surface area contributed by atoms with Crippen LogP contribution in [-0.2, 0) is 4.79 Å². The Morgan fingerprint density at radius 3 is 2.21 bits per heavy atom. The van der Waals surface area contributed by atoms with Gasteiger partial charge in [-0.2, -0.15) is 0 Å². The molecule has 1 aromatic carbocycles. The Bertz CT molecular complexity index is 569. The van der Waals surface area contributed by atoms with Gasteiger partial charge in [0.05, 0.1) is 0 Å². The van der Waals surface area contributed by atoms with Gasteiger partial charge in [0.15, 0.2) is 5.96 Å². The molecule has 0 aliphatic heterocycles. The van der Waals surface area contributed by atoms with Gasteiger partial charge in [0.25, 0.3) is 0 Å². The molecule has 0 heterocycles. The lowest BCUT2D eigenvalue weighted by atomic mass is 10.1. The summed E-state index contributed by atoms with van der Waals surface area (Å²) in [6, 6.07) is 4.96. The number of ether oxygens (including phenoxy) is 1. The number of anilines is 1. The lowest BCUT2D eigenvalue weighted by Crippen LogP contribution is -2.42. The van der Waals surface area contributed by atoms with Crippen LogP contribution in [0.5, 0.6) is 5.75 Å². The van der Waals surface area contributed by atoms with E-state index in [0.29, 0.717) is 5.69 Å². The molecule has 0 fully saturated rings. The van der Waals surface area contributed by atoms with Crippen LogP contribution < -0.4 is 21.1 Å². The molecule has 0 bridgehead atoms. The van der Waals surface area contributed by atoms with Crippen LogP contribution in [0.2, 0.25) is 0 Å². The van der Waals surface area contributed by atoms with Crippen molar-refractivity contribution in [2.45, 2.75) is 32.7 Å². The van der Waals surface area contributed by atoms with Crippen molar-refractivity contribution in [2.24, 2.45) is 10.7 Å². The summed E-state index contributed by atoms with van der Waals surface area (Å²) < 4.78 is 39.8. The minimum Gasteiger partial charge on any atom is -0.406 e. The molecule has 0 unspecified atom stereocenters. The highest BCUT2D eigenvalue weighted by molar-refractivity contribution is 14.0. The van der Waals surface area contributed by atoms with Gasteiger partial charge < -0.3 is 21.1 Å². The summed E-state index contributed by atoms with van der Waals surface area (Å²) >= 11 is 0. The fraction of sp³-hybridized carbons (Fsp3) is 0.429. The molecule has 136 valence electrons. The van der Waals surface area contributed by atoms with E-state index in [1.807, 2.05) is 20.8 Å². The minimum atomic E-state index is -4.74. The average molecular weight is 460 g/mol. The molecule has 6 nitrogen and oxygen atoms in total. The fourth-order valence-corrected chi connectivity index (χ4v) is 1.54. The van der Waals surface area contributed by atoms with Crippen LogP contribution in [0.3, 0.4) is 0 Å². The van der Waals surface area contributed by atoms with E-state index in [4.69, 9.17) is 5.73 Å². The van der Waals surface area contributed by atoms with Gasteiger partial charge in [0.2, 0.25) is 5.91 Å². The Morgan fingerprint density at radius 1 is 1.21 bits per heavy atom. The fourth-order valence-electron chi connectivity index (χ4n) is 1.54. The Kier molecular flexibility index (Phi) is 8.30. The van der Waals surface area contributed by atoms with Crippen LogP contribution >= 0.6 is 24.0 Å². The first-order chi connectivity index (χ1) is 10.4. The largest absolute Gasteiger partial charge is 0.573 e. The highest BCUT2D eigenvalue weighted by atomic mass is 127. The third kappa shape index (κ3) is 10.1. The van der Waals surface area contributed by atoms with Crippen molar-refractivity contribution in [3.63, 3.8) is 0 Å². The molecular formula is C14H20F3IN4O2. The molecule has 10 heteroatoms. The molecule has 24 heavy (non-hydrogen) atoms. The van der Waals surface area contributed by atoms with Crippen molar-refractivity contribution in [1.82, 2.24) is 5.32 Å². The predicted molar refractivity (Wildman–Crippen MR) is 96.5 cm³/mol. The van der Waals surface area contributed by atoms with Crippen molar-refractivity contribution in [1.29, 1.82) is 0 Å². The van der Waals surface area contributed by atoms with E-state index in [1.165, 1.54) is 12.1 Å². The first kappa shape index (κ1) is 22.3. The minimum absolute atomic E-state index is 0. The molecule has 4 N–H and O–H groups in total. The number of amides is 1. The zero-order chi connectivity index (χ0) is 17.7. The van der Waals surface area contributed by atoms with Gasteiger partial charge in [-0.05, 0) is 45.0 Å². The monoisotopic (exact) mass is 460 g/mol. The average Bonchev–Trinajstić information content (AvgIpc) is 2.35. The van der Waals surface area contributed by atoms with Gasteiger partial charge in [0.1, 0.15) is 12.3 Å². The summed E-state index contributed by atoms with van der Waals surface area (Å²) in [6.45, 7) is 5.34. The van der Waals surface area contributed by atoms with Crippen LogP contribution in [0.1, 0.15) is 20.8 Å². The first-order valence-electron chi connectivity index (χ1n) is 6.68. The topological polar surface area (TPSA) is 88.7 Å². The van der Waals surface area contributed by atoms with Crippen LogP contribution in [0, 0.1) is 0 Å². The maximum atomic E-state index is 12.0. The normalized spacial score (nSPS) is 12.2. The van der Waals surface area contributed by atoms with Crippen LogP contribution in [0.15, 0.2) is 29.3 Å². The van der Waals surface area contributed by atoms with E-state index in [0.717, 1.165) is 12.1 Å². The number of aliphatic imine (C=N–C) groups is 1. The van der Waals surface area contributed by atoms with Gasteiger partial charge >= 0.3 is 6.36 Å². The molecule has 0 aromatic heterocycles. The number of carbonyl (C=O) groups excluding carboxylic acids is 1. The number of carbonyl (C=O) groups is 1.